The zero-order valence-corrected chi connectivity index (χ0v) is 11.2. The van der Waals surface area contributed by atoms with Crippen molar-refractivity contribution in [3.63, 3.8) is 0 Å². The molecule has 0 aliphatic carbocycles. The highest BCUT2D eigenvalue weighted by Crippen LogP contribution is 2.25. The van der Waals surface area contributed by atoms with Crippen molar-refractivity contribution in [1.82, 2.24) is 0 Å². The predicted molar refractivity (Wildman–Crippen MR) is 72.5 cm³/mol. The Bertz CT molecular complexity index is 404. The van der Waals surface area contributed by atoms with Gasteiger partial charge in [0.2, 0.25) is 5.91 Å². The zero-order chi connectivity index (χ0) is 13.0. The second-order valence-corrected chi connectivity index (χ2v) is 4.87. The summed E-state index contributed by atoms with van der Waals surface area (Å²) in [7, 11) is 0. The van der Waals surface area contributed by atoms with Crippen LogP contribution in [0.5, 0.6) is 0 Å². The van der Waals surface area contributed by atoms with Crippen molar-refractivity contribution in [3.05, 3.63) is 28.8 Å². The topological polar surface area (TPSA) is 55.1 Å². The van der Waals surface area contributed by atoms with Gasteiger partial charge in [0, 0.05) is 11.6 Å². The molecule has 0 aliphatic heterocycles. The van der Waals surface area contributed by atoms with Gasteiger partial charge in [-0.25, -0.2) is 0 Å². The van der Waals surface area contributed by atoms with Crippen molar-refractivity contribution in [2.24, 2.45) is 11.7 Å². The largest absolute Gasteiger partial charge is 0.381 e. The maximum atomic E-state index is 11.1. The maximum Gasteiger partial charge on any atom is 0.248 e. The third kappa shape index (κ3) is 3.63. The summed E-state index contributed by atoms with van der Waals surface area (Å²) in [5.41, 5.74) is 6.48. The van der Waals surface area contributed by atoms with Gasteiger partial charge in [0.1, 0.15) is 0 Å². The summed E-state index contributed by atoms with van der Waals surface area (Å²) >= 11 is 6.09. The number of primary amides is 1. The highest BCUT2D eigenvalue weighted by Gasteiger charge is 2.13. The number of rotatable bonds is 5. The van der Waals surface area contributed by atoms with Crippen LogP contribution in [0.25, 0.3) is 0 Å². The number of hydrogen-bond donors (Lipinski definition) is 2. The first-order valence-electron chi connectivity index (χ1n) is 5.81. The number of nitrogens with two attached hydrogens (primary N) is 1. The smallest absolute Gasteiger partial charge is 0.248 e. The average molecular weight is 255 g/mol. The molecule has 0 aromatic heterocycles. The van der Waals surface area contributed by atoms with Crippen LogP contribution in [0.2, 0.25) is 5.02 Å². The Morgan fingerprint density at radius 2 is 2.12 bits per heavy atom. The number of anilines is 1. The lowest BCUT2D eigenvalue weighted by Gasteiger charge is -2.22. The highest BCUT2D eigenvalue weighted by atomic mass is 35.5. The van der Waals surface area contributed by atoms with Crippen LogP contribution in [0.1, 0.15) is 37.6 Å². The quantitative estimate of drug-likeness (QED) is 0.847. The predicted octanol–water partition coefficient (Wildman–Crippen LogP) is 3.29. The maximum absolute atomic E-state index is 11.1. The molecule has 0 radical (unpaired) electrons. The molecule has 94 valence electrons. The fourth-order valence-corrected chi connectivity index (χ4v) is 1.90. The number of amides is 1. The van der Waals surface area contributed by atoms with Gasteiger partial charge in [0.25, 0.3) is 0 Å². The van der Waals surface area contributed by atoms with E-state index in [1.165, 1.54) is 0 Å². The van der Waals surface area contributed by atoms with Crippen LogP contribution >= 0.6 is 11.6 Å². The first kappa shape index (κ1) is 13.8. The van der Waals surface area contributed by atoms with Crippen molar-refractivity contribution in [2.75, 3.05) is 5.32 Å². The van der Waals surface area contributed by atoms with Crippen molar-refractivity contribution >= 4 is 23.2 Å². The van der Waals surface area contributed by atoms with E-state index in [4.69, 9.17) is 17.3 Å². The molecule has 1 unspecified atom stereocenters. The minimum Gasteiger partial charge on any atom is -0.381 e. The van der Waals surface area contributed by atoms with E-state index in [1.807, 2.05) is 0 Å². The average Bonchev–Trinajstić information content (AvgIpc) is 2.27. The van der Waals surface area contributed by atoms with Crippen LogP contribution in [0.4, 0.5) is 5.69 Å². The van der Waals surface area contributed by atoms with Crippen LogP contribution in [0.15, 0.2) is 18.2 Å². The fourth-order valence-electron chi connectivity index (χ4n) is 1.73. The highest BCUT2D eigenvalue weighted by molar-refractivity contribution is 6.33. The number of nitrogens with one attached hydrogen (secondary N) is 1. The summed E-state index contributed by atoms with van der Waals surface area (Å²) in [5.74, 6) is 0.0515. The molecule has 0 heterocycles. The number of hydrogen-bond acceptors (Lipinski definition) is 2. The van der Waals surface area contributed by atoms with Crippen molar-refractivity contribution in [1.29, 1.82) is 0 Å². The molecule has 0 saturated heterocycles. The molecule has 0 bridgehead atoms. The van der Waals surface area contributed by atoms with Crippen LogP contribution in [-0.4, -0.2) is 11.9 Å². The molecule has 4 heteroatoms. The van der Waals surface area contributed by atoms with E-state index >= 15 is 0 Å². The zero-order valence-electron chi connectivity index (χ0n) is 10.5. The standard InChI is InChI=1S/C13H19ClN2O/c1-4-11(8(2)3)16-12-7-9(13(15)17)5-6-10(12)14/h5-8,11,16H,4H2,1-3H3,(H2,15,17). The first-order valence-corrected chi connectivity index (χ1v) is 6.19. The lowest BCUT2D eigenvalue weighted by molar-refractivity contribution is 0.100. The third-order valence-corrected chi connectivity index (χ3v) is 3.17. The summed E-state index contributed by atoms with van der Waals surface area (Å²) in [6, 6.07) is 5.36. The molecule has 0 fully saturated rings. The van der Waals surface area contributed by atoms with Crippen LogP contribution in [-0.2, 0) is 0 Å². The Morgan fingerprint density at radius 3 is 2.59 bits per heavy atom. The third-order valence-electron chi connectivity index (χ3n) is 2.84. The van der Waals surface area contributed by atoms with Crippen LogP contribution in [0.3, 0.4) is 0 Å². The molecule has 1 aromatic carbocycles. The molecule has 1 amide bonds. The Kier molecular flexibility index (Phi) is 4.82. The van der Waals surface area contributed by atoms with Gasteiger partial charge in [-0.15, -0.1) is 0 Å². The van der Waals surface area contributed by atoms with Gasteiger partial charge in [-0.1, -0.05) is 32.4 Å². The number of benzene rings is 1. The summed E-state index contributed by atoms with van der Waals surface area (Å²) < 4.78 is 0. The molecule has 3 N–H and O–H groups in total. The van der Waals surface area contributed by atoms with Gasteiger partial charge in [-0.3, -0.25) is 4.79 Å². The Hall–Kier alpha value is -1.22. The molecule has 3 nitrogen and oxygen atoms in total. The fraction of sp³-hybridized carbons (Fsp3) is 0.462. The van der Waals surface area contributed by atoms with Crippen molar-refractivity contribution in [3.8, 4) is 0 Å². The van der Waals surface area contributed by atoms with Gasteiger partial charge < -0.3 is 11.1 Å². The second-order valence-electron chi connectivity index (χ2n) is 4.46. The summed E-state index contributed by atoms with van der Waals surface area (Å²) in [6.07, 6.45) is 0.995. The van der Waals surface area contributed by atoms with Crippen molar-refractivity contribution < 1.29 is 4.79 Å². The number of halogens is 1. The van der Waals surface area contributed by atoms with Crippen molar-refractivity contribution in [2.45, 2.75) is 33.2 Å². The summed E-state index contributed by atoms with van der Waals surface area (Å²) in [4.78, 5) is 11.1. The molecular weight excluding hydrogens is 236 g/mol. The SMILES string of the molecule is CCC(Nc1cc(C(N)=O)ccc1Cl)C(C)C. The Morgan fingerprint density at radius 1 is 1.47 bits per heavy atom. The van der Waals surface area contributed by atoms with Gasteiger partial charge in [0.05, 0.1) is 10.7 Å². The Balaban J connectivity index is 2.96. The lowest BCUT2D eigenvalue weighted by Crippen LogP contribution is -2.25. The van der Waals surface area contributed by atoms with Gasteiger partial charge >= 0.3 is 0 Å². The first-order chi connectivity index (χ1) is 7.95. The van der Waals surface area contributed by atoms with E-state index in [1.54, 1.807) is 18.2 Å². The van der Waals surface area contributed by atoms with E-state index in [-0.39, 0.29) is 0 Å². The molecule has 0 spiro atoms. The van der Waals surface area contributed by atoms with Crippen LogP contribution in [0, 0.1) is 5.92 Å². The normalized spacial score (nSPS) is 12.5. The molecule has 1 aromatic rings. The van der Waals surface area contributed by atoms with Gasteiger partial charge in [-0.2, -0.15) is 0 Å². The molecule has 0 aliphatic rings. The summed E-state index contributed by atoms with van der Waals surface area (Å²) in [5, 5.41) is 3.96. The van der Waals surface area contributed by atoms with Crippen LogP contribution < -0.4 is 11.1 Å². The number of carbonyl (C=O) groups excluding carboxylic acids is 1. The van der Waals surface area contributed by atoms with E-state index in [2.05, 4.69) is 26.1 Å². The Labute approximate surface area is 107 Å². The molecule has 1 atom stereocenters. The van der Waals surface area contributed by atoms with Gasteiger partial charge in [-0.05, 0) is 30.5 Å². The molecule has 0 saturated carbocycles. The van der Waals surface area contributed by atoms with E-state index in [0.717, 1.165) is 12.1 Å². The monoisotopic (exact) mass is 254 g/mol. The second kappa shape index (κ2) is 5.92. The minimum absolute atomic E-state index is 0.329. The van der Waals surface area contributed by atoms with E-state index < -0.39 is 5.91 Å². The molecule has 17 heavy (non-hydrogen) atoms. The lowest BCUT2D eigenvalue weighted by atomic mass is 10.0. The van der Waals surface area contributed by atoms with Gasteiger partial charge in [0.15, 0.2) is 0 Å². The van der Waals surface area contributed by atoms with E-state index in [9.17, 15) is 4.79 Å². The molecule has 1 rings (SSSR count). The summed E-state index contributed by atoms with van der Waals surface area (Å²) in [6.45, 7) is 6.41. The minimum atomic E-state index is -0.442. The van der Waals surface area contributed by atoms with E-state index in [0.29, 0.717) is 22.5 Å². The molecular formula is C13H19ClN2O. The number of carbonyl (C=O) groups is 1.